The Morgan fingerprint density at radius 1 is 1.10 bits per heavy atom. The van der Waals surface area contributed by atoms with Crippen molar-refractivity contribution in [2.45, 2.75) is 58.3 Å². The first kappa shape index (κ1) is 17.2. The molecule has 20 heavy (non-hydrogen) atoms. The number of aliphatic hydroxyl groups is 2. The molecule has 0 aliphatic carbocycles. The fourth-order valence-corrected chi connectivity index (χ4v) is 1.99. The van der Waals surface area contributed by atoms with Gasteiger partial charge in [0.05, 0.1) is 18.3 Å². The number of rotatable bonds is 9. The van der Waals surface area contributed by atoms with Crippen LogP contribution in [0.15, 0.2) is 30.3 Å². The van der Waals surface area contributed by atoms with E-state index < -0.39 is 11.7 Å². The molecule has 0 radical (unpaired) electrons. The topological polar surface area (TPSA) is 49.7 Å². The molecule has 0 aromatic heterocycles. The molecule has 0 saturated carbocycles. The molecule has 0 bridgehead atoms. The Morgan fingerprint density at radius 3 is 2.35 bits per heavy atom. The summed E-state index contributed by atoms with van der Waals surface area (Å²) in [5.74, 6) is 0.489. The van der Waals surface area contributed by atoms with Crippen molar-refractivity contribution in [2.75, 3.05) is 6.61 Å². The molecule has 1 aromatic rings. The molecule has 3 heteroatoms. The maximum atomic E-state index is 9.77. The lowest BCUT2D eigenvalue weighted by Gasteiger charge is -2.25. The molecule has 0 spiro atoms. The molecular formula is C17H28O3. The quantitative estimate of drug-likeness (QED) is 0.683. The fourth-order valence-electron chi connectivity index (χ4n) is 1.99. The summed E-state index contributed by atoms with van der Waals surface area (Å²) >= 11 is 0. The zero-order chi connectivity index (χ0) is 15.0. The van der Waals surface area contributed by atoms with Gasteiger partial charge in [-0.05, 0) is 44.6 Å². The van der Waals surface area contributed by atoms with Gasteiger partial charge >= 0.3 is 0 Å². The molecule has 1 aromatic carbocycles. The summed E-state index contributed by atoms with van der Waals surface area (Å²) in [6.45, 7) is 6.83. The molecule has 0 aliphatic rings. The number of hydrogen-bond donors (Lipinski definition) is 2. The maximum absolute atomic E-state index is 9.77. The van der Waals surface area contributed by atoms with E-state index >= 15 is 0 Å². The van der Waals surface area contributed by atoms with Gasteiger partial charge in [0.25, 0.3) is 0 Å². The number of ether oxygens (including phenoxy) is 1. The van der Waals surface area contributed by atoms with Gasteiger partial charge in [0.2, 0.25) is 0 Å². The normalized spacial score (nSPS) is 15.1. The smallest absolute Gasteiger partial charge is 0.0849 e. The van der Waals surface area contributed by atoms with Gasteiger partial charge in [0, 0.05) is 6.61 Å². The van der Waals surface area contributed by atoms with Crippen molar-refractivity contribution < 1.29 is 14.9 Å². The first-order valence-corrected chi connectivity index (χ1v) is 7.41. The van der Waals surface area contributed by atoms with Crippen LogP contribution in [0.2, 0.25) is 0 Å². The van der Waals surface area contributed by atoms with Gasteiger partial charge in [0.1, 0.15) is 0 Å². The SMILES string of the molecule is C[C@@H](CCOCc1ccccc1)CCC(O)C(C)(C)O. The van der Waals surface area contributed by atoms with Crippen LogP contribution < -0.4 is 0 Å². The Balaban J connectivity index is 2.10. The highest BCUT2D eigenvalue weighted by molar-refractivity contribution is 5.13. The first-order chi connectivity index (χ1) is 9.39. The lowest BCUT2D eigenvalue weighted by Crippen LogP contribution is -2.35. The molecule has 0 amide bonds. The van der Waals surface area contributed by atoms with Crippen molar-refractivity contribution >= 4 is 0 Å². The molecule has 1 rings (SSSR count). The molecule has 0 aliphatic heterocycles. The average Bonchev–Trinajstić information content (AvgIpc) is 2.41. The van der Waals surface area contributed by atoms with Crippen molar-refractivity contribution in [1.82, 2.24) is 0 Å². The molecule has 2 N–H and O–H groups in total. The summed E-state index contributed by atoms with van der Waals surface area (Å²) in [6, 6.07) is 10.1. The predicted molar refractivity (Wildman–Crippen MR) is 81.4 cm³/mol. The lowest BCUT2D eigenvalue weighted by molar-refractivity contribution is -0.0537. The van der Waals surface area contributed by atoms with Crippen LogP contribution >= 0.6 is 0 Å². The van der Waals surface area contributed by atoms with E-state index in [9.17, 15) is 10.2 Å². The van der Waals surface area contributed by atoms with Crippen LogP contribution in [0.3, 0.4) is 0 Å². The van der Waals surface area contributed by atoms with E-state index in [-0.39, 0.29) is 0 Å². The van der Waals surface area contributed by atoms with Crippen molar-refractivity contribution in [2.24, 2.45) is 5.92 Å². The molecule has 3 nitrogen and oxygen atoms in total. The second kappa shape index (κ2) is 8.40. The van der Waals surface area contributed by atoms with E-state index in [0.29, 0.717) is 18.9 Å². The summed E-state index contributed by atoms with van der Waals surface area (Å²) < 4.78 is 5.65. The van der Waals surface area contributed by atoms with Crippen LogP contribution in [-0.4, -0.2) is 28.5 Å². The van der Waals surface area contributed by atoms with Gasteiger partial charge in [0.15, 0.2) is 0 Å². The summed E-state index contributed by atoms with van der Waals surface area (Å²) in [6.07, 6.45) is 1.85. The molecule has 0 heterocycles. The summed E-state index contributed by atoms with van der Waals surface area (Å²) in [4.78, 5) is 0. The van der Waals surface area contributed by atoms with Crippen molar-refractivity contribution in [1.29, 1.82) is 0 Å². The van der Waals surface area contributed by atoms with Crippen LogP contribution in [0.1, 0.15) is 45.6 Å². The van der Waals surface area contributed by atoms with Gasteiger partial charge in [-0.3, -0.25) is 0 Å². The fraction of sp³-hybridized carbons (Fsp3) is 0.647. The third-order valence-corrected chi connectivity index (χ3v) is 3.61. The molecule has 2 atom stereocenters. The highest BCUT2D eigenvalue weighted by atomic mass is 16.5. The Labute approximate surface area is 122 Å². The molecular weight excluding hydrogens is 252 g/mol. The van der Waals surface area contributed by atoms with E-state index in [1.165, 1.54) is 5.56 Å². The Bertz CT molecular complexity index is 356. The average molecular weight is 280 g/mol. The number of benzene rings is 1. The standard InChI is InChI=1S/C17H28O3/c1-14(9-10-16(18)17(2,3)19)11-12-20-13-15-7-5-4-6-8-15/h4-8,14,16,18-19H,9-13H2,1-3H3/t14-,16?/m1/s1. The predicted octanol–water partition coefficient (Wildman–Crippen LogP) is 3.14. The highest BCUT2D eigenvalue weighted by Gasteiger charge is 2.24. The molecule has 0 fully saturated rings. The minimum absolute atomic E-state index is 0.489. The molecule has 0 saturated heterocycles. The highest BCUT2D eigenvalue weighted by Crippen LogP contribution is 2.18. The van der Waals surface area contributed by atoms with Gasteiger partial charge < -0.3 is 14.9 Å². The third-order valence-electron chi connectivity index (χ3n) is 3.61. The maximum Gasteiger partial charge on any atom is 0.0849 e. The van der Waals surface area contributed by atoms with Gasteiger partial charge in [-0.1, -0.05) is 37.3 Å². The minimum Gasteiger partial charge on any atom is -0.390 e. The van der Waals surface area contributed by atoms with E-state index in [0.717, 1.165) is 19.4 Å². The van der Waals surface area contributed by atoms with Crippen LogP contribution in [0.4, 0.5) is 0 Å². The van der Waals surface area contributed by atoms with Gasteiger partial charge in [-0.2, -0.15) is 0 Å². The Hall–Kier alpha value is -0.900. The Morgan fingerprint density at radius 2 is 1.75 bits per heavy atom. The van der Waals surface area contributed by atoms with Gasteiger partial charge in [-0.15, -0.1) is 0 Å². The monoisotopic (exact) mass is 280 g/mol. The second-order valence-corrected chi connectivity index (χ2v) is 6.18. The summed E-state index contributed by atoms with van der Waals surface area (Å²) in [5, 5.41) is 19.4. The van der Waals surface area contributed by atoms with Crippen LogP contribution in [-0.2, 0) is 11.3 Å². The molecule has 114 valence electrons. The summed E-state index contributed by atoms with van der Waals surface area (Å²) in [7, 11) is 0. The third kappa shape index (κ3) is 7.04. The largest absolute Gasteiger partial charge is 0.390 e. The second-order valence-electron chi connectivity index (χ2n) is 6.18. The number of hydrogen-bond acceptors (Lipinski definition) is 3. The van der Waals surface area contributed by atoms with Crippen molar-refractivity contribution in [3.05, 3.63) is 35.9 Å². The van der Waals surface area contributed by atoms with E-state index in [1.807, 2.05) is 18.2 Å². The van der Waals surface area contributed by atoms with Crippen molar-refractivity contribution in [3.63, 3.8) is 0 Å². The molecule has 1 unspecified atom stereocenters. The van der Waals surface area contributed by atoms with E-state index in [1.54, 1.807) is 13.8 Å². The first-order valence-electron chi connectivity index (χ1n) is 7.41. The zero-order valence-electron chi connectivity index (χ0n) is 12.9. The number of aliphatic hydroxyl groups excluding tert-OH is 1. The zero-order valence-corrected chi connectivity index (χ0v) is 12.9. The van der Waals surface area contributed by atoms with Crippen LogP contribution in [0, 0.1) is 5.92 Å². The van der Waals surface area contributed by atoms with Crippen LogP contribution in [0.25, 0.3) is 0 Å². The van der Waals surface area contributed by atoms with Gasteiger partial charge in [-0.25, -0.2) is 0 Å². The minimum atomic E-state index is -1.01. The lowest BCUT2D eigenvalue weighted by atomic mass is 9.93. The van der Waals surface area contributed by atoms with E-state index in [2.05, 4.69) is 19.1 Å². The van der Waals surface area contributed by atoms with E-state index in [4.69, 9.17) is 4.74 Å². The Kier molecular flexibility index (Phi) is 7.20. The van der Waals surface area contributed by atoms with Crippen LogP contribution in [0.5, 0.6) is 0 Å². The summed E-state index contributed by atoms with van der Waals surface area (Å²) in [5.41, 5.74) is 0.182. The van der Waals surface area contributed by atoms with Crippen molar-refractivity contribution in [3.8, 4) is 0 Å².